The van der Waals surface area contributed by atoms with Gasteiger partial charge in [-0.1, -0.05) is 132 Å². The van der Waals surface area contributed by atoms with E-state index in [9.17, 15) is 4.80 Å². The van der Waals surface area contributed by atoms with Crippen molar-refractivity contribution in [1.29, 1.82) is 0 Å². The van der Waals surface area contributed by atoms with Crippen LogP contribution in [0.15, 0.2) is 91.0 Å². The van der Waals surface area contributed by atoms with Gasteiger partial charge in [-0.2, -0.15) is 0 Å². The third-order valence-corrected chi connectivity index (χ3v) is 13.7. The van der Waals surface area contributed by atoms with Gasteiger partial charge in [-0.25, -0.2) is 0 Å². The summed E-state index contributed by atoms with van der Waals surface area (Å²) in [4.78, 5) is 12.9. The first-order valence-corrected chi connectivity index (χ1v) is 18.4. The van der Waals surface area contributed by atoms with Crippen LogP contribution in [0.3, 0.4) is 0 Å². The summed E-state index contributed by atoms with van der Waals surface area (Å²) in [6, 6.07) is 30.4. The molecule has 0 spiro atoms. The second-order valence-electron chi connectivity index (χ2n) is 12.8. The fraction of sp³-hybridized carbons (Fsp3) is 0.514. The average Bonchev–Trinajstić information content (AvgIpc) is 3.06. The molecule has 6 nitrogen and oxygen atoms in total. The van der Waals surface area contributed by atoms with Gasteiger partial charge in [0.2, 0.25) is 0 Å². The summed E-state index contributed by atoms with van der Waals surface area (Å²) >= 11 is 0. The molecule has 2 saturated heterocycles. The summed E-state index contributed by atoms with van der Waals surface area (Å²) in [6.45, 7) is 10.4. The van der Waals surface area contributed by atoms with Gasteiger partial charge < -0.3 is 28.5 Å². The van der Waals surface area contributed by atoms with Crippen LogP contribution in [0.5, 0.6) is 0 Å². The van der Waals surface area contributed by atoms with Crippen molar-refractivity contribution in [3.8, 4) is 0 Å². The molecule has 2 heterocycles. The molecule has 2 aliphatic heterocycles. The van der Waals surface area contributed by atoms with Crippen LogP contribution >= 0.6 is 0 Å². The zero-order valence-electron chi connectivity index (χ0n) is 26.8. The standard InChI is InChI=1S/C37H50O6Si/c1-5-7-24-39-33-31(26-37(3,4)44(38,29-20-14-10-15-21-29)30-22-16-11-17-23-30)42-32-27-41-36(28-18-12-9-13-19-28)43-34(32)35(33)40-25-8-6-2/h9-23,31-36,38H,5-8,24-27H2,1-4H3/t31-,32?,33?,34+,35?,36?/m0/s1. The molecule has 5 rings (SSSR count). The molecule has 7 heteroatoms. The van der Waals surface area contributed by atoms with Crippen LogP contribution in [0.1, 0.15) is 71.7 Å². The number of rotatable bonds is 14. The SMILES string of the molecule is CCCCOC1C(OCCCC)[C@H](CC(C)(C)[Si](O)(c2ccccc2)c2ccccc2)OC2COC(c3ccccc3)O[C@H]21. The summed E-state index contributed by atoms with van der Waals surface area (Å²) in [5.74, 6) is 0. The molecule has 3 aromatic rings. The van der Waals surface area contributed by atoms with Crippen LogP contribution in [0.25, 0.3) is 0 Å². The molecule has 0 amide bonds. The summed E-state index contributed by atoms with van der Waals surface area (Å²) in [5, 5.41) is 1.45. The molecule has 44 heavy (non-hydrogen) atoms. The fourth-order valence-electron chi connectivity index (χ4n) is 6.68. The van der Waals surface area contributed by atoms with Crippen molar-refractivity contribution < 1.29 is 28.5 Å². The molecule has 3 aromatic carbocycles. The molecule has 6 atom stereocenters. The summed E-state index contributed by atoms with van der Waals surface area (Å²) < 4.78 is 33.2. The minimum atomic E-state index is -3.27. The molecule has 0 aliphatic carbocycles. The molecule has 0 bridgehead atoms. The lowest BCUT2D eigenvalue weighted by Gasteiger charge is -2.52. The Bertz CT molecular complexity index is 1220. The van der Waals surface area contributed by atoms with Gasteiger partial charge in [-0.15, -0.1) is 0 Å². The van der Waals surface area contributed by atoms with Crippen molar-refractivity contribution in [2.45, 2.75) is 102 Å². The number of fused-ring (bicyclic) bond motifs is 1. The first-order valence-electron chi connectivity index (χ1n) is 16.4. The highest BCUT2D eigenvalue weighted by Crippen LogP contribution is 2.45. The van der Waals surface area contributed by atoms with E-state index in [1.165, 1.54) is 0 Å². The number of hydrogen-bond donors (Lipinski definition) is 1. The van der Waals surface area contributed by atoms with Gasteiger partial charge in [-0.05, 0) is 34.7 Å². The number of benzene rings is 3. The monoisotopic (exact) mass is 618 g/mol. The number of unbranched alkanes of at least 4 members (excludes halogenated alkanes) is 2. The Balaban J connectivity index is 1.49. The lowest BCUT2D eigenvalue weighted by Crippen LogP contribution is -2.68. The average molecular weight is 619 g/mol. The second-order valence-corrected chi connectivity index (χ2v) is 16.7. The second kappa shape index (κ2) is 15.3. The van der Waals surface area contributed by atoms with Crippen molar-refractivity contribution in [2.24, 2.45) is 0 Å². The molecule has 0 saturated carbocycles. The first-order chi connectivity index (χ1) is 21.4. The van der Waals surface area contributed by atoms with Crippen LogP contribution in [0.2, 0.25) is 5.04 Å². The van der Waals surface area contributed by atoms with E-state index in [1.54, 1.807) is 0 Å². The van der Waals surface area contributed by atoms with E-state index in [1.807, 2.05) is 66.7 Å². The number of ether oxygens (including phenoxy) is 5. The Kier molecular flexibility index (Phi) is 11.5. The third kappa shape index (κ3) is 7.20. The lowest BCUT2D eigenvalue weighted by atomic mass is 9.89. The smallest absolute Gasteiger partial charge is 0.258 e. The summed E-state index contributed by atoms with van der Waals surface area (Å²) in [5.41, 5.74) is 0.978. The van der Waals surface area contributed by atoms with Gasteiger partial charge in [0.05, 0.1) is 12.7 Å². The van der Waals surface area contributed by atoms with Crippen molar-refractivity contribution in [1.82, 2.24) is 0 Å². The maximum atomic E-state index is 12.9. The van der Waals surface area contributed by atoms with E-state index in [0.717, 1.165) is 41.6 Å². The normalized spacial score (nSPS) is 25.8. The molecular weight excluding hydrogens is 568 g/mol. The van der Waals surface area contributed by atoms with Gasteiger partial charge in [0.15, 0.2) is 6.29 Å². The van der Waals surface area contributed by atoms with Crippen molar-refractivity contribution in [3.05, 3.63) is 96.6 Å². The molecule has 2 aliphatic rings. The maximum absolute atomic E-state index is 12.9. The topological polar surface area (TPSA) is 66.4 Å². The molecular formula is C37H50O6Si. The van der Waals surface area contributed by atoms with E-state index < -0.39 is 19.6 Å². The summed E-state index contributed by atoms with van der Waals surface area (Å²) in [6.07, 6.45) is 2.45. The highest BCUT2D eigenvalue weighted by atomic mass is 28.4. The van der Waals surface area contributed by atoms with Crippen molar-refractivity contribution >= 4 is 18.7 Å². The minimum absolute atomic E-state index is 0.309. The predicted molar refractivity (Wildman–Crippen MR) is 177 cm³/mol. The Morgan fingerprint density at radius 3 is 1.82 bits per heavy atom. The minimum Gasteiger partial charge on any atom is -0.424 e. The van der Waals surface area contributed by atoms with Crippen molar-refractivity contribution in [3.63, 3.8) is 0 Å². The summed E-state index contributed by atoms with van der Waals surface area (Å²) in [7, 11) is -3.27. The Morgan fingerprint density at radius 1 is 0.750 bits per heavy atom. The quantitative estimate of drug-likeness (QED) is 0.172. The van der Waals surface area contributed by atoms with Crippen LogP contribution in [0, 0.1) is 0 Å². The maximum Gasteiger partial charge on any atom is 0.258 e. The Morgan fingerprint density at radius 2 is 1.27 bits per heavy atom. The lowest BCUT2D eigenvalue weighted by molar-refractivity contribution is -0.338. The zero-order chi connectivity index (χ0) is 31.0. The van der Waals surface area contributed by atoms with E-state index in [4.69, 9.17) is 23.7 Å². The number of hydrogen-bond acceptors (Lipinski definition) is 6. The Hall–Kier alpha value is -2.36. The van der Waals surface area contributed by atoms with Gasteiger partial charge in [0.25, 0.3) is 8.32 Å². The highest BCUT2D eigenvalue weighted by Gasteiger charge is 2.56. The third-order valence-electron chi connectivity index (χ3n) is 9.18. The van der Waals surface area contributed by atoms with Crippen LogP contribution in [-0.2, 0) is 23.7 Å². The van der Waals surface area contributed by atoms with Gasteiger partial charge >= 0.3 is 0 Å². The van der Waals surface area contributed by atoms with Gasteiger partial charge in [0.1, 0.15) is 24.4 Å². The van der Waals surface area contributed by atoms with E-state index >= 15 is 0 Å². The largest absolute Gasteiger partial charge is 0.424 e. The molecule has 2 fully saturated rings. The van der Waals surface area contributed by atoms with Crippen LogP contribution in [0.4, 0.5) is 0 Å². The van der Waals surface area contributed by atoms with E-state index in [0.29, 0.717) is 26.2 Å². The molecule has 0 aromatic heterocycles. The van der Waals surface area contributed by atoms with Gasteiger partial charge in [0, 0.05) is 18.8 Å². The van der Waals surface area contributed by atoms with E-state index in [2.05, 4.69) is 52.0 Å². The predicted octanol–water partition coefficient (Wildman–Crippen LogP) is 6.16. The molecule has 0 radical (unpaired) electrons. The highest BCUT2D eigenvalue weighted by molar-refractivity contribution is 6.98. The Labute approximate surface area is 264 Å². The molecule has 4 unspecified atom stereocenters. The molecule has 238 valence electrons. The zero-order valence-corrected chi connectivity index (χ0v) is 27.8. The van der Waals surface area contributed by atoms with Crippen LogP contribution in [-0.4, -0.2) is 63.5 Å². The van der Waals surface area contributed by atoms with Crippen LogP contribution < -0.4 is 10.4 Å². The van der Waals surface area contributed by atoms with Gasteiger partial charge in [-0.3, -0.25) is 0 Å². The molecule has 1 N–H and O–H groups in total. The van der Waals surface area contributed by atoms with E-state index in [-0.39, 0.29) is 30.5 Å². The van der Waals surface area contributed by atoms with Crippen molar-refractivity contribution in [2.75, 3.05) is 19.8 Å². The fourth-order valence-corrected chi connectivity index (χ4v) is 10.4. The first kappa shape index (κ1) is 33.0.